The van der Waals surface area contributed by atoms with Crippen LogP contribution >= 0.6 is 0 Å². The van der Waals surface area contributed by atoms with Crippen LogP contribution in [0.1, 0.15) is 54.4 Å². The molecular formula is C24H31N5. The van der Waals surface area contributed by atoms with Crippen molar-refractivity contribution in [3.63, 3.8) is 0 Å². The number of aryl methyl sites for hydroxylation is 3. The number of nitrogens with one attached hydrogen (secondary N) is 1. The van der Waals surface area contributed by atoms with Crippen molar-refractivity contribution in [3.05, 3.63) is 34.4 Å². The first-order chi connectivity index (χ1) is 14.3. The first kappa shape index (κ1) is 17.7. The second kappa shape index (κ2) is 6.98. The van der Waals surface area contributed by atoms with E-state index in [-0.39, 0.29) is 0 Å². The number of anilines is 2. The number of nitrogen functional groups attached to an aromatic ring is 1. The van der Waals surface area contributed by atoms with Gasteiger partial charge in [0.15, 0.2) is 0 Å². The van der Waals surface area contributed by atoms with Gasteiger partial charge in [-0.3, -0.25) is 0 Å². The molecule has 0 amide bonds. The first-order valence-electron chi connectivity index (χ1n) is 11.6. The predicted molar refractivity (Wildman–Crippen MR) is 117 cm³/mol. The minimum atomic E-state index is 0.423. The number of fused-ring (bicyclic) bond motifs is 5. The van der Waals surface area contributed by atoms with Gasteiger partial charge in [-0.15, -0.1) is 0 Å². The Morgan fingerprint density at radius 3 is 2.59 bits per heavy atom. The molecule has 2 saturated heterocycles. The fourth-order valence-corrected chi connectivity index (χ4v) is 6.14. The highest BCUT2D eigenvalue weighted by Gasteiger charge is 2.36. The molecule has 6 rings (SSSR count). The highest BCUT2D eigenvalue weighted by atomic mass is 15.3. The fourth-order valence-electron chi connectivity index (χ4n) is 6.14. The molecule has 0 radical (unpaired) electrons. The molecule has 4 aliphatic rings. The van der Waals surface area contributed by atoms with Gasteiger partial charge in [0.05, 0.1) is 5.69 Å². The highest BCUT2D eigenvalue weighted by molar-refractivity contribution is 5.75. The van der Waals surface area contributed by atoms with E-state index >= 15 is 0 Å². The quantitative estimate of drug-likeness (QED) is 0.783. The molecule has 3 heterocycles. The van der Waals surface area contributed by atoms with Crippen LogP contribution in [0, 0.1) is 5.92 Å². The molecule has 2 aliphatic heterocycles. The van der Waals surface area contributed by atoms with Crippen LogP contribution in [-0.4, -0.2) is 35.6 Å². The predicted octanol–water partition coefficient (Wildman–Crippen LogP) is 3.28. The zero-order valence-electron chi connectivity index (χ0n) is 17.2. The van der Waals surface area contributed by atoms with E-state index in [0.717, 1.165) is 56.3 Å². The van der Waals surface area contributed by atoms with Gasteiger partial charge in [-0.1, -0.05) is 6.07 Å². The van der Waals surface area contributed by atoms with E-state index in [1.54, 1.807) is 5.56 Å². The third-order valence-corrected chi connectivity index (χ3v) is 7.60. The van der Waals surface area contributed by atoms with E-state index in [0.29, 0.717) is 12.0 Å². The second-order valence-electron chi connectivity index (χ2n) is 9.44. The molecule has 3 N–H and O–H groups in total. The van der Waals surface area contributed by atoms with Crippen LogP contribution in [0.3, 0.4) is 0 Å². The van der Waals surface area contributed by atoms with Crippen molar-refractivity contribution in [3.8, 4) is 11.3 Å². The maximum Gasteiger partial charge on any atom is 0.222 e. The van der Waals surface area contributed by atoms with Gasteiger partial charge in [-0.25, -0.2) is 4.98 Å². The lowest BCUT2D eigenvalue weighted by molar-refractivity contribution is 0.340. The number of rotatable bonds is 1. The molecule has 152 valence electrons. The van der Waals surface area contributed by atoms with E-state index in [1.807, 2.05) is 0 Å². The summed E-state index contributed by atoms with van der Waals surface area (Å²) < 4.78 is 0. The number of hydrogen-bond acceptors (Lipinski definition) is 5. The van der Waals surface area contributed by atoms with Gasteiger partial charge in [0.1, 0.15) is 5.82 Å². The van der Waals surface area contributed by atoms with Crippen LogP contribution in [0.4, 0.5) is 11.8 Å². The third kappa shape index (κ3) is 3.02. The van der Waals surface area contributed by atoms with Gasteiger partial charge in [0.2, 0.25) is 5.95 Å². The van der Waals surface area contributed by atoms with Crippen molar-refractivity contribution in [2.24, 2.45) is 5.92 Å². The average Bonchev–Trinajstić information content (AvgIpc) is 3.10. The van der Waals surface area contributed by atoms with Crippen LogP contribution in [0.2, 0.25) is 0 Å². The Bertz CT molecular complexity index is 939. The van der Waals surface area contributed by atoms with Crippen molar-refractivity contribution in [1.82, 2.24) is 15.3 Å². The maximum atomic E-state index is 6.28. The minimum absolute atomic E-state index is 0.423. The van der Waals surface area contributed by atoms with Crippen molar-refractivity contribution in [2.75, 3.05) is 30.3 Å². The van der Waals surface area contributed by atoms with E-state index in [1.165, 1.54) is 60.8 Å². The van der Waals surface area contributed by atoms with Gasteiger partial charge in [-0.2, -0.15) is 4.98 Å². The molecule has 2 fully saturated rings. The summed E-state index contributed by atoms with van der Waals surface area (Å²) in [6.07, 6.45) is 11.0. The molecule has 1 aromatic carbocycles. The van der Waals surface area contributed by atoms with Gasteiger partial charge in [0, 0.05) is 30.3 Å². The Morgan fingerprint density at radius 1 is 0.897 bits per heavy atom. The largest absolute Gasteiger partial charge is 0.368 e. The van der Waals surface area contributed by atoms with E-state index < -0.39 is 0 Å². The summed E-state index contributed by atoms with van der Waals surface area (Å²) in [6.45, 7) is 3.29. The van der Waals surface area contributed by atoms with Gasteiger partial charge < -0.3 is 16.0 Å². The highest BCUT2D eigenvalue weighted by Crippen LogP contribution is 2.40. The number of benzene rings is 1. The average molecular weight is 390 g/mol. The van der Waals surface area contributed by atoms with Gasteiger partial charge in [-0.05, 0) is 93.0 Å². The standard InChI is InChI=1S/C24H31N5/c25-24-27-22-19(23(28-24)29-13-18-8-4-10-26-21(18)14-29)9-3-7-17-11-15-5-1-2-6-16(15)12-20(17)22/h11-12,18,21,26H,1-10,13-14H2,(H2,25,27,28). The lowest BCUT2D eigenvalue weighted by Crippen LogP contribution is -2.40. The molecule has 0 spiro atoms. The topological polar surface area (TPSA) is 67.1 Å². The third-order valence-electron chi connectivity index (χ3n) is 7.60. The molecule has 29 heavy (non-hydrogen) atoms. The van der Waals surface area contributed by atoms with Crippen molar-refractivity contribution in [2.45, 2.75) is 63.8 Å². The monoisotopic (exact) mass is 389 g/mol. The number of hydrogen-bond donors (Lipinski definition) is 2. The van der Waals surface area contributed by atoms with E-state index in [9.17, 15) is 0 Å². The van der Waals surface area contributed by atoms with Crippen LogP contribution in [0.15, 0.2) is 12.1 Å². The molecule has 5 heteroatoms. The Balaban J connectivity index is 1.45. The first-order valence-corrected chi connectivity index (χ1v) is 11.6. The van der Waals surface area contributed by atoms with Crippen molar-refractivity contribution in [1.29, 1.82) is 0 Å². The van der Waals surface area contributed by atoms with Crippen LogP contribution in [0.25, 0.3) is 11.3 Å². The zero-order chi connectivity index (χ0) is 19.4. The van der Waals surface area contributed by atoms with Crippen LogP contribution < -0.4 is 16.0 Å². The lowest BCUT2D eigenvalue weighted by Gasteiger charge is -2.24. The molecule has 2 unspecified atom stereocenters. The summed E-state index contributed by atoms with van der Waals surface area (Å²) in [4.78, 5) is 12.1. The Morgan fingerprint density at radius 2 is 1.72 bits per heavy atom. The molecule has 2 aromatic rings. The zero-order valence-corrected chi connectivity index (χ0v) is 17.2. The lowest BCUT2D eigenvalue weighted by atomic mass is 9.86. The van der Waals surface area contributed by atoms with Crippen LogP contribution in [-0.2, 0) is 25.7 Å². The summed E-state index contributed by atoms with van der Waals surface area (Å²) in [6, 6.07) is 5.52. The summed E-state index contributed by atoms with van der Waals surface area (Å²) >= 11 is 0. The maximum absolute atomic E-state index is 6.28. The van der Waals surface area contributed by atoms with E-state index in [2.05, 4.69) is 22.3 Å². The SMILES string of the molecule is Nc1nc2c(c(N3CC4CCCNC4C3)n1)CCCc1cc3c(cc1-2)CCCC3. The Hall–Kier alpha value is -2.14. The van der Waals surface area contributed by atoms with Gasteiger partial charge in [0.25, 0.3) is 0 Å². The van der Waals surface area contributed by atoms with Crippen molar-refractivity contribution >= 4 is 11.8 Å². The summed E-state index contributed by atoms with van der Waals surface area (Å²) in [5, 5.41) is 3.72. The fraction of sp³-hybridized carbons (Fsp3) is 0.583. The number of nitrogens with two attached hydrogens (primary N) is 1. The number of piperidine rings is 1. The smallest absolute Gasteiger partial charge is 0.222 e. The number of aromatic nitrogens is 2. The number of nitrogens with zero attached hydrogens (tertiary/aromatic N) is 3. The Labute approximate surface area is 173 Å². The van der Waals surface area contributed by atoms with Crippen molar-refractivity contribution < 1.29 is 0 Å². The molecule has 2 aliphatic carbocycles. The van der Waals surface area contributed by atoms with E-state index in [4.69, 9.17) is 15.7 Å². The summed E-state index contributed by atoms with van der Waals surface area (Å²) in [5.41, 5.74) is 14.6. The van der Waals surface area contributed by atoms with Gasteiger partial charge >= 0.3 is 0 Å². The molecule has 0 bridgehead atoms. The molecule has 0 saturated carbocycles. The summed E-state index contributed by atoms with van der Waals surface area (Å²) in [5.74, 6) is 2.27. The minimum Gasteiger partial charge on any atom is -0.368 e. The molecule has 1 aromatic heterocycles. The summed E-state index contributed by atoms with van der Waals surface area (Å²) in [7, 11) is 0. The normalized spacial score (nSPS) is 25.6. The molecular weight excluding hydrogens is 358 g/mol. The van der Waals surface area contributed by atoms with Crippen LogP contribution in [0.5, 0.6) is 0 Å². The molecule has 2 atom stereocenters. The Kier molecular flexibility index (Phi) is 4.26. The second-order valence-corrected chi connectivity index (χ2v) is 9.44. The molecule has 5 nitrogen and oxygen atoms in total.